The molecule has 0 amide bonds. The van der Waals surface area contributed by atoms with Gasteiger partial charge in [0.15, 0.2) is 5.60 Å². The minimum atomic E-state index is -1.31. The summed E-state index contributed by atoms with van der Waals surface area (Å²) in [6, 6.07) is 20.9. The molecule has 3 unspecified atom stereocenters. The lowest BCUT2D eigenvalue weighted by molar-refractivity contribution is -0.106. The number of fused-ring (bicyclic) bond motifs is 3. The Labute approximate surface area is 175 Å². The molecule has 30 heavy (non-hydrogen) atoms. The molecule has 154 valence electrons. The van der Waals surface area contributed by atoms with Crippen LogP contribution >= 0.6 is 0 Å². The van der Waals surface area contributed by atoms with Gasteiger partial charge in [0.2, 0.25) is 0 Å². The largest absolute Gasteiger partial charge is 0.508 e. The van der Waals surface area contributed by atoms with Crippen molar-refractivity contribution >= 4 is 0 Å². The Bertz CT molecular complexity index is 1080. The van der Waals surface area contributed by atoms with Crippen molar-refractivity contribution in [2.75, 3.05) is 14.2 Å². The lowest BCUT2D eigenvalue weighted by Gasteiger charge is -2.40. The maximum atomic E-state index is 12.2. The number of phenolic OH excluding ortho intramolecular Hbond substituents is 1. The normalized spacial score (nSPS) is 26.6. The molecular formula is C25H24O5. The van der Waals surface area contributed by atoms with Crippen LogP contribution in [0.15, 0.2) is 66.7 Å². The monoisotopic (exact) mass is 404 g/mol. The Balaban J connectivity index is 1.77. The summed E-state index contributed by atoms with van der Waals surface area (Å²) in [7, 11) is 3.16. The fourth-order valence-corrected chi connectivity index (χ4v) is 5.32. The first-order valence-electron chi connectivity index (χ1n) is 10.1. The third kappa shape index (κ3) is 2.39. The summed E-state index contributed by atoms with van der Waals surface area (Å²) in [5.41, 5.74) is 0.188. The molecule has 2 N–H and O–H groups in total. The highest BCUT2D eigenvalue weighted by atomic mass is 16.5. The summed E-state index contributed by atoms with van der Waals surface area (Å²) in [6.07, 6.45) is 1.25. The Hall–Kier alpha value is -3.18. The first kappa shape index (κ1) is 18.8. The molecular weight excluding hydrogens is 380 g/mol. The van der Waals surface area contributed by atoms with Crippen LogP contribution < -0.4 is 14.2 Å². The summed E-state index contributed by atoms with van der Waals surface area (Å²) in [5.74, 6) is 1.56. The number of aliphatic hydroxyl groups is 1. The molecule has 0 radical (unpaired) electrons. The van der Waals surface area contributed by atoms with Gasteiger partial charge in [-0.05, 0) is 36.1 Å². The Kier molecular flexibility index (Phi) is 4.19. The van der Waals surface area contributed by atoms with Crippen molar-refractivity contribution in [3.63, 3.8) is 0 Å². The van der Waals surface area contributed by atoms with Crippen LogP contribution in [-0.2, 0) is 11.2 Å². The van der Waals surface area contributed by atoms with Gasteiger partial charge in [-0.25, -0.2) is 0 Å². The minimum absolute atomic E-state index is 0.0373. The van der Waals surface area contributed by atoms with Gasteiger partial charge in [-0.3, -0.25) is 0 Å². The van der Waals surface area contributed by atoms with E-state index in [9.17, 15) is 10.2 Å². The average Bonchev–Trinajstić information content (AvgIpc) is 3.20. The van der Waals surface area contributed by atoms with Crippen LogP contribution in [-0.4, -0.2) is 24.4 Å². The summed E-state index contributed by atoms with van der Waals surface area (Å²) in [5, 5.41) is 22.4. The van der Waals surface area contributed by atoms with Crippen LogP contribution in [0.3, 0.4) is 0 Å². The molecule has 3 aromatic rings. The van der Waals surface area contributed by atoms with E-state index in [1.165, 1.54) is 13.2 Å². The lowest BCUT2D eigenvalue weighted by Crippen LogP contribution is -2.48. The van der Waals surface area contributed by atoms with Gasteiger partial charge in [-0.1, -0.05) is 42.5 Å². The second kappa shape index (κ2) is 6.67. The van der Waals surface area contributed by atoms with Gasteiger partial charge in [0.05, 0.1) is 19.8 Å². The van der Waals surface area contributed by atoms with Gasteiger partial charge >= 0.3 is 0 Å². The summed E-state index contributed by atoms with van der Waals surface area (Å²) >= 11 is 0. The number of hydrogen-bond acceptors (Lipinski definition) is 5. The molecule has 0 bridgehead atoms. The van der Waals surface area contributed by atoms with E-state index in [-0.39, 0.29) is 11.7 Å². The molecule has 5 heteroatoms. The van der Waals surface area contributed by atoms with Crippen molar-refractivity contribution < 1.29 is 24.4 Å². The summed E-state index contributed by atoms with van der Waals surface area (Å²) in [4.78, 5) is 0. The van der Waals surface area contributed by atoms with Crippen LogP contribution in [0.1, 0.15) is 35.4 Å². The standard InChI is InChI=1S/C25H24O5/c1-28-19-10-8-17(9-11-19)25-20(16-6-4-3-5-7-16)12-13-24(25,27)23-21(29-2)14-18(26)15-22(23)30-25/h3-11,14-15,20,26-27H,12-13H2,1-2H3. The smallest absolute Gasteiger partial charge is 0.174 e. The van der Waals surface area contributed by atoms with E-state index in [2.05, 4.69) is 12.1 Å². The summed E-state index contributed by atoms with van der Waals surface area (Å²) in [6.45, 7) is 0. The molecule has 1 saturated carbocycles. The summed E-state index contributed by atoms with van der Waals surface area (Å²) < 4.78 is 17.5. The lowest BCUT2D eigenvalue weighted by atomic mass is 9.71. The minimum Gasteiger partial charge on any atom is -0.508 e. The molecule has 1 aliphatic carbocycles. The molecule has 0 saturated heterocycles. The van der Waals surface area contributed by atoms with Gasteiger partial charge in [0.1, 0.15) is 28.6 Å². The zero-order valence-electron chi connectivity index (χ0n) is 17.0. The van der Waals surface area contributed by atoms with Crippen LogP contribution in [0.5, 0.6) is 23.0 Å². The molecule has 2 aliphatic rings. The Morgan fingerprint density at radius 2 is 1.70 bits per heavy atom. The Morgan fingerprint density at radius 1 is 0.967 bits per heavy atom. The van der Waals surface area contributed by atoms with Gasteiger partial charge in [-0.15, -0.1) is 0 Å². The molecule has 1 aliphatic heterocycles. The average molecular weight is 404 g/mol. The maximum Gasteiger partial charge on any atom is 0.174 e. The van der Waals surface area contributed by atoms with E-state index in [0.717, 1.165) is 23.3 Å². The van der Waals surface area contributed by atoms with Gasteiger partial charge in [0.25, 0.3) is 0 Å². The van der Waals surface area contributed by atoms with Crippen molar-refractivity contribution in [2.24, 2.45) is 0 Å². The molecule has 3 atom stereocenters. The second-order valence-electron chi connectivity index (χ2n) is 7.95. The molecule has 5 rings (SSSR count). The number of ether oxygens (including phenoxy) is 3. The van der Waals surface area contributed by atoms with Gasteiger partial charge < -0.3 is 24.4 Å². The SMILES string of the molecule is COc1ccc(C23Oc4cc(O)cc(OC)c4C2(O)CCC3c2ccccc2)cc1. The third-order valence-corrected chi connectivity index (χ3v) is 6.58. The molecule has 0 aromatic heterocycles. The van der Waals surface area contributed by atoms with Crippen molar-refractivity contribution in [3.05, 3.63) is 83.4 Å². The first-order chi connectivity index (χ1) is 14.5. The highest BCUT2D eigenvalue weighted by Gasteiger charge is 2.69. The number of rotatable bonds is 4. The highest BCUT2D eigenvalue weighted by Crippen LogP contribution is 2.68. The number of phenols is 1. The zero-order valence-corrected chi connectivity index (χ0v) is 17.0. The fraction of sp³-hybridized carbons (Fsp3) is 0.280. The number of benzene rings is 3. The maximum absolute atomic E-state index is 12.2. The third-order valence-electron chi connectivity index (χ3n) is 6.58. The van der Waals surface area contributed by atoms with Crippen molar-refractivity contribution in [1.82, 2.24) is 0 Å². The van der Waals surface area contributed by atoms with E-state index in [1.54, 1.807) is 13.2 Å². The van der Waals surface area contributed by atoms with Gasteiger partial charge in [-0.2, -0.15) is 0 Å². The molecule has 0 spiro atoms. The quantitative estimate of drug-likeness (QED) is 0.672. The molecule has 5 nitrogen and oxygen atoms in total. The predicted molar refractivity (Wildman–Crippen MR) is 112 cm³/mol. The van der Waals surface area contributed by atoms with Crippen LogP contribution in [0.25, 0.3) is 0 Å². The Morgan fingerprint density at radius 3 is 2.37 bits per heavy atom. The van der Waals surface area contributed by atoms with Gasteiger partial charge in [0, 0.05) is 18.1 Å². The highest BCUT2D eigenvalue weighted by molar-refractivity contribution is 5.61. The predicted octanol–water partition coefficient (Wildman–Crippen LogP) is 4.46. The van der Waals surface area contributed by atoms with E-state index in [1.807, 2.05) is 42.5 Å². The number of aromatic hydroxyl groups is 1. The first-order valence-corrected chi connectivity index (χ1v) is 10.1. The van der Waals surface area contributed by atoms with Crippen LogP contribution in [0.4, 0.5) is 0 Å². The van der Waals surface area contributed by atoms with Crippen molar-refractivity contribution in [3.8, 4) is 23.0 Å². The van der Waals surface area contributed by atoms with E-state index >= 15 is 0 Å². The molecule has 1 fully saturated rings. The van der Waals surface area contributed by atoms with E-state index in [4.69, 9.17) is 14.2 Å². The second-order valence-corrected chi connectivity index (χ2v) is 7.95. The van der Waals surface area contributed by atoms with E-state index < -0.39 is 11.2 Å². The van der Waals surface area contributed by atoms with E-state index in [0.29, 0.717) is 23.5 Å². The van der Waals surface area contributed by atoms with Crippen molar-refractivity contribution in [1.29, 1.82) is 0 Å². The zero-order chi connectivity index (χ0) is 20.9. The van der Waals surface area contributed by atoms with Crippen LogP contribution in [0, 0.1) is 0 Å². The number of methoxy groups -OCH3 is 2. The number of hydrogen-bond donors (Lipinski definition) is 2. The topological polar surface area (TPSA) is 68.2 Å². The van der Waals surface area contributed by atoms with Crippen LogP contribution in [0.2, 0.25) is 0 Å². The molecule has 3 aromatic carbocycles. The fourth-order valence-electron chi connectivity index (χ4n) is 5.32. The molecule has 1 heterocycles. The van der Waals surface area contributed by atoms with Crippen molar-refractivity contribution in [2.45, 2.75) is 30.0 Å².